The Balaban J connectivity index is 1.58. The van der Waals surface area contributed by atoms with Gasteiger partial charge >= 0.3 is 5.97 Å². The van der Waals surface area contributed by atoms with Crippen LogP contribution in [0.1, 0.15) is 121 Å². The van der Waals surface area contributed by atoms with Crippen molar-refractivity contribution in [2.24, 2.45) is 0 Å². The Morgan fingerprint density at radius 2 is 1.51 bits per heavy atom. The summed E-state index contributed by atoms with van der Waals surface area (Å²) in [6, 6.07) is 5.69. The van der Waals surface area contributed by atoms with Gasteiger partial charge in [0, 0.05) is 32.2 Å². The molecule has 1 aliphatic rings. The lowest BCUT2D eigenvalue weighted by atomic mass is 10.0. The first-order valence-corrected chi connectivity index (χ1v) is 17.7. The number of rotatable bonds is 24. The number of aryl methyl sites for hydroxylation is 1. The Labute approximate surface area is 281 Å². The molecule has 3 N–H and O–H groups in total. The van der Waals surface area contributed by atoms with E-state index in [1.807, 2.05) is 31.2 Å². The number of carbonyl (C=O) groups excluding carboxylic acids is 4. The summed E-state index contributed by atoms with van der Waals surface area (Å²) < 4.78 is 0. The third kappa shape index (κ3) is 17.1. The number of unbranched alkanes of at least 4 members (excludes halogenated alkanes) is 8. The number of nitrogens with one attached hydrogen (secondary N) is 2. The van der Waals surface area contributed by atoms with Crippen LogP contribution in [0.5, 0.6) is 0 Å². The van der Waals surface area contributed by atoms with Gasteiger partial charge in [-0.3, -0.25) is 19.2 Å². The Hall–Kier alpha value is -3.75. The zero-order valence-corrected chi connectivity index (χ0v) is 28.6. The quantitative estimate of drug-likeness (QED) is 0.0878. The van der Waals surface area contributed by atoms with Crippen LogP contribution in [-0.2, 0) is 30.4 Å². The third-order valence-corrected chi connectivity index (χ3v) is 8.53. The maximum Gasteiger partial charge on any atom is 0.326 e. The summed E-state index contributed by atoms with van der Waals surface area (Å²) in [6.07, 6.45) is 22.7. The predicted octanol–water partition coefficient (Wildman–Crippen LogP) is 6.38. The number of Topliss-reactive ketones (excluding diaryl/α,β-unsaturated/α-hetero) is 1. The average Bonchev–Trinajstić information content (AvgIpc) is 3.55. The van der Waals surface area contributed by atoms with Crippen molar-refractivity contribution in [1.82, 2.24) is 15.5 Å². The molecule has 0 saturated carbocycles. The van der Waals surface area contributed by atoms with Crippen LogP contribution in [0.25, 0.3) is 0 Å². The van der Waals surface area contributed by atoms with Crippen molar-refractivity contribution in [2.75, 3.05) is 13.1 Å². The number of carboxylic acid groups (broad SMARTS) is 1. The number of aliphatic carboxylic acids is 1. The second-order valence-electron chi connectivity index (χ2n) is 12.6. The zero-order chi connectivity index (χ0) is 34.3. The molecule has 1 aromatic rings. The molecule has 0 spiro atoms. The van der Waals surface area contributed by atoms with E-state index in [0.717, 1.165) is 56.1 Å². The molecule has 1 aliphatic heterocycles. The number of likely N-dealkylation sites (tertiary alicyclic amines) is 1. The molecule has 2 rings (SSSR count). The van der Waals surface area contributed by atoms with Crippen LogP contribution in [0.15, 0.2) is 48.6 Å². The molecule has 9 nitrogen and oxygen atoms in total. The number of allylic oxidation sites excluding steroid dienone is 4. The lowest BCUT2D eigenvalue weighted by Crippen LogP contribution is -2.46. The van der Waals surface area contributed by atoms with Gasteiger partial charge in [-0.05, 0) is 63.9 Å². The van der Waals surface area contributed by atoms with E-state index in [0.29, 0.717) is 25.8 Å². The highest BCUT2D eigenvalue weighted by Crippen LogP contribution is 2.20. The van der Waals surface area contributed by atoms with Gasteiger partial charge in [0.05, 0.1) is 12.6 Å². The van der Waals surface area contributed by atoms with Gasteiger partial charge < -0.3 is 20.6 Å². The number of hydrogen-bond donors (Lipinski definition) is 3. The van der Waals surface area contributed by atoms with Crippen molar-refractivity contribution in [3.8, 4) is 0 Å². The van der Waals surface area contributed by atoms with E-state index in [2.05, 4.69) is 41.9 Å². The lowest BCUT2D eigenvalue weighted by Gasteiger charge is -2.24. The van der Waals surface area contributed by atoms with Crippen molar-refractivity contribution < 1.29 is 29.1 Å². The summed E-state index contributed by atoms with van der Waals surface area (Å²) in [6.45, 7) is 4.44. The van der Waals surface area contributed by atoms with Crippen molar-refractivity contribution >= 4 is 29.5 Å². The predicted molar refractivity (Wildman–Crippen MR) is 186 cm³/mol. The number of ketones is 1. The summed E-state index contributed by atoms with van der Waals surface area (Å²) >= 11 is 0. The first kappa shape index (κ1) is 39.4. The standard InChI is InChI=1S/C38H57N3O6/c1-3-4-5-6-7-8-9-10-11-12-13-14-15-16-17-20-35(43)39-29-37(45)41-27-18-19-33(41)34(42)25-26-36(44)40-32(38(46)47)28-31-23-21-30(2)22-24-31/h7-8,10-11,21-24,32-33H,3-6,9,12-20,25-29H2,1-2H3,(H,39,43)(H,40,44)(H,46,47)/b8-7-,11-10-/t32-,33-/m0/s1. The molecule has 260 valence electrons. The van der Waals surface area contributed by atoms with Gasteiger partial charge in [-0.2, -0.15) is 0 Å². The molecular formula is C38H57N3O6. The number of hydrogen-bond acceptors (Lipinski definition) is 5. The number of benzene rings is 1. The first-order chi connectivity index (χ1) is 22.7. The highest BCUT2D eigenvalue weighted by Gasteiger charge is 2.34. The molecule has 1 saturated heterocycles. The Kier molecular flexibility index (Phi) is 19.8. The number of carboxylic acids is 1. The van der Waals surface area contributed by atoms with Crippen molar-refractivity contribution in [2.45, 2.75) is 135 Å². The van der Waals surface area contributed by atoms with Gasteiger partial charge in [-0.1, -0.05) is 93.2 Å². The fourth-order valence-electron chi connectivity index (χ4n) is 5.69. The molecule has 0 aromatic heterocycles. The van der Waals surface area contributed by atoms with Crippen LogP contribution >= 0.6 is 0 Å². The minimum absolute atomic E-state index is 0.0870. The van der Waals surface area contributed by atoms with E-state index in [-0.39, 0.29) is 43.4 Å². The van der Waals surface area contributed by atoms with Crippen LogP contribution in [-0.4, -0.2) is 64.7 Å². The van der Waals surface area contributed by atoms with E-state index in [1.54, 1.807) is 0 Å². The van der Waals surface area contributed by atoms with E-state index >= 15 is 0 Å². The fraction of sp³-hybridized carbons (Fsp3) is 0.605. The molecule has 2 atom stereocenters. The molecule has 0 bridgehead atoms. The normalized spacial score (nSPS) is 15.3. The smallest absolute Gasteiger partial charge is 0.326 e. The molecule has 1 fully saturated rings. The second-order valence-corrected chi connectivity index (χ2v) is 12.6. The summed E-state index contributed by atoms with van der Waals surface area (Å²) in [7, 11) is 0. The minimum Gasteiger partial charge on any atom is -0.480 e. The monoisotopic (exact) mass is 651 g/mol. The van der Waals surface area contributed by atoms with Gasteiger partial charge in [0.25, 0.3) is 0 Å². The minimum atomic E-state index is -1.14. The van der Waals surface area contributed by atoms with Crippen molar-refractivity contribution in [3.05, 3.63) is 59.7 Å². The van der Waals surface area contributed by atoms with Gasteiger partial charge in [0.2, 0.25) is 17.7 Å². The highest BCUT2D eigenvalue weighted by atomic mass is 16.4. The molecule has 3 amide bonds. The molecule has 0 unspecified atom stereocenters. The van der Waals surface area contributed by atoms with Crippen LogP contribution in [0, 0.1) is 6.92 Å². The van der Waals surface area contributed by atoms with E-state index in [1.165, 1.54) is 30.6 Å². The Morgan fingerprint density at radius 3 is 2.19 bits per heavy atom. The van der Waals surface area contributed by atoms with E-state index in [9.17, 15) is 29.1 Å². The molecule has 0 aliphatic carbocycles. The largest absolute Gasteiger partial charge is 0.480 e. The maximum absolute atomic E-state index is 12.9. The first-order valence-electron chi connectivity index (χ1n) is 17.7. The second kappa shape index (κ2) is 23.6. The SMILES string of the molecule is CCCCC/C=C\C/C=C\CCCCCCCC(=O)NCC(=O)N1CCC[C@H]1C(=O)CCC(=O)N[C@@H](Cc1ccc(C)cc1)C(=O)O. The number of amides is 3. The summed E-state index contributed by atoms with van der Waals surface area (Å²) in [5, 5.41) is 14.8. The average molecular weight is 652 g/mol. The molecular weight excluding hydrogens is 594 g/mol. The summed E-state index contributed by atoms with van der Waals surface area (Å²) in [4.78, 5) is 63.8. The van der Waals surface area contributed by atoms with E-state index < -0.39 is 24.0 Å². The van der Waals surface area contributed by atoms with Crippen molar-refractivity contribution in [1.29, 1.82) is 0 Å². The van der Waals surface area contributed by atoms with Crippen LogP contribution in [0.2, 0.25) is 0 Å². The Bertz CT molecular complexity index is 1180. The van der Waals surface area contributed by atoms with Gasteiger partial charge in [-0.25, -0.2) is 4.79 Å². The Morgan fingerprint density at radius 1 is 0.851 bits per heavy atom. The molecule has 47 heavy (non-hydrogen) atoms. The zero-order valence-electron chi connectivity index (χ0n) is 28.6. The lowest BCUT2D eigenvalue weighted by molar-refractivity contribution is -0.142. The van der Waals surface area contributed by atoms with Gasteiger partial charge in [0.15, 0.2) is 5.78 Å². The highest BCUT2D eigenvalue weighted by molar-refractivity contribution is 5.93. The van der Waals surface area contributed by atoms with E-state index in [4.69, 9.17) is 0 Å². The molecule has 1 aromatic carbocycles. The fourth-order valence-corrected chi connectivity index (χ4v) is 5.69. The summed E-state index contributed by atoms with van der Waals surface area (Å²) in [5.74, 6) is -2.36. The van der Waals surface area contributed by atoms with Crippen molar-refractivity contribution in [3.63, 3.8) is 0 Å². The number of nitrogens with zero attached hydrogens (tertiary/aromatic N) is 1. The topological polar surface area (TPSA) is 133 Å². The van der Waals surface area contributed by atoms with Gasteiger partial charge in [0.1, 0.15) is 6.04 Å². The van der Waals surface area contributed by atoms with Crippen LogP contribution in [0.3, 0.4) is 0 Å². The molecule has 0 radical (unpaired) electrons. The number of carbonyl (C=O) groups is 5. The van der Waals surface area contributed by atoms with Crippen LogP contribution in [0.4, 0.5) is 0 Å². The summed E-state index contributed by atoms with van der Waals surface area (Å²) in [5.41, 5.74) is 1.84. The third-order valence-electron chi connectivity index (χ3n) is 8.53. The molecule has 1 heterocycles. The maximum atomic E-state index is 12.9. The molecule has 9 heteroatoms. The van der Waals surface area contributed by atoms with Crippen LogP contribution < -0.4 is 10.6 Å². The van der Waals surface area contributed by atoms with Gasteiger partial charge in [-0.15, -0.1) is 0 Å².